The Morgan fingerprint density at radius 3 is 1.18 bits per heavy atom. The van der Waals surface area contributed by atoms with Gasteiger partial charge in [0.2, 0.25) is 76.8 Å². The molecule has 13 amide bonds. The number of aliphatic imine (C=N–C) groups is 1. The first-order valence-corrected chi connectivity index (χ1v) is 40.6. The van der Waals surface area contributed by atoms with Gasteiger partial charge in [-0.05, 0) is 143 Å². The number of imidazole rings is 1. The Morgan fingerprint density at radius 2 is 0.773 bits per heavy atom. The predicted molar refractivity (Wildman–Crippen MR) is 443 cm³/mol. The number of amides is 13. The zero-order chi connectivity index (χ0) is 89.5. The van der Waals surface area contributed by atoms with E-state index in [-0.39, 0.29) is 125 Å². The van der Waals surface area contributed by atoms with E-state index in [1.54, 1.807) is 113 Å². The van der Waals surface area contributed by atoms with Crippen molar-refractivity contribution in [2.24, 2.45) is 63.4 Å². The maximum atomic E-state index is 15.1. The Hall–Kier alpha value is -11.3. The van der Waals surface area contributed by atoms with Gasteiger partial charge in [0.05, 0.1) is 12.4 Å². The molecule has 3 rings (SSSR count). The summed E-state index contributed by atoms with van der Waals surface area (Å²) in [5.41, 5.74) is 24.2. The Morgan fingerprint density at radius 1 is 0.403 bits per heavy atom. The minimum absolute atomic E-state index is 0.00357. The van der Waals surface area contributed by atoms with Gasteiger partial charge < -0.3 is 112 Å². The number of aromatic hydroxyl groups is 1. The molecule has 25 N–H and O–H groups in total. The summed E-state index contributed by atoms with van der Waals surface area (Å²) in [6.07, 6.45) is 1.80. The van der Waals surface area contributed by atoms with E-state index in [4.69, 9.17) is 22.9 Å². The number of carbonyl (C=O) groups is 15. The summed E-state index contributed by atoms with van der Waals surface area (Å²) < 4.78 is 0. The van der Waals surface area contributed by atoms with Gasteiger partial charge >= 0.3 is 11.9 Å². The first-order chi connectivity index (χ1) is 55.9. The van der Waals surface area contributed by atoms with Crippen molar-refractivity contribution in [1.29, 1.82) is 0 Å². The highest BCUT2D eigenvalue weighted by Crippen LogP contribution is 2.18. The summed E-state index contributed by atoms with van der Waals surface area (Å²) in [5, 5.41) is 63.9. The average Bonchev–Trinajstić information content (AvgIpc) is 1.58. The van der Waals surface area contributed by atoms with Crippen molar-refractivity contribution in [3.8, 4) is 5.75 Å². The quantitative estimate of drug-likeness (QED) is 0.0191. The number of hydrogen-bond acceptors (Lipinski definition) is 20. The van der Waals surface area contributed by atoms with Crippen LogP contribution >= 0.6 is 0 Å². The van der Waals surface area contributed by atoms with Crippen molar-refractivity contribution in [2.75, 3.05) is 13.1 Å². The number of carboxylic acids is 2. The highest BCUT2D eigenvalue weighted by Gasteiger charge is 2.39. The van der Waals surface area contributed by atoms with Gasteiger partial charge in [-0.2, -0.15) is 0 Å². The van der Waals surface area contributed by atoms with Gasteiger partial charge in [-0.1, -0.05) is 126 Å². The number of guanidine groups is 1. The molecular formula is C81H130N20O18. The summed E-state index contributed by atoms with van der Waals surface area (Å²) >= 11 is 0. The molecule has 0 saturated carbocycles. The molecule has 3 aromatic rings. The minimum Gasteiger partial charge on any atom is -0.508 e. The van der Waals surface area contributed by atoms with Gasteiger partial charge in [-0.15, -0.1) is 0 Å². The van der Waals surface area contributed by atoms with Crippen LogP contribution in [0.3, 0.4) is 0 Å². The van der Waals surface area contributed by atoms with Crippen molar-refractivity contribution < 1.29 is 87.2 Å². The topological polar surface area (TPSA) is 618 Å². The number of H-pyrrole nitrogens is 1. The molecule has 0 radical (unpaired) electrons. The van der Waals surface area contributed by atoms with Crippen molar-refractivity contribution >= 4 is 94.7 Å². The van der Waals surface area contributed by atoms with E-state index in [2.05, 4.69) is 84.1 Å². The molecular weight excluding hydrogens is 1540 g/mol. The van der Waals surface area contributed by atoms with Crippen LogP contribution in [0.2, 0.25) is 0 Å². The van der Waals surface area contributed by atoms with Crippen LogP contribution in [-0.4, -0.2) is 218 Å². The number of nitrogens with two attached hydrogens (primary N) is 4. The van der Waals surface area contributed by atoms with E-state index in [1.807, 2.05) is 0 Å². The molecule has 2 aromatic carbocycles. The van der Waals surface area contributed by atoms with Crippen molar-refractivity contribution in [3.05, 3.63) is 83.9 Å². The molecule has 0 aliphatic heterocycles. The molecule has 0 saturated heterocycles. The highest BCUT2D eigenvalue weighted by atomic mass is 16.4. The number of aliphatic carboxylic acids is 2. The number of aromatic amines is 1. The summed E-state index contributed by atoms with van der Waals surface area (Å²) in [6, 6.07) is -4.90. The largest absolute Gasteiger partial charge is 0.508 e. The van der Waals surface area contributed by atoms with Crippen LogP contribution in [0, 0.1) is 35.5 Å². The van der Waals surface area contributed by atoms with E-state index >= 15 is 9.59 Å². The van der Waals surface area contributed by atoms with Gasteiger partial charge in [0, 0.05) is 44.1 Å². The number of unbranched alkanes of at least 4 members (excludes halogenated alkanes) is 1. The number of rotatable bonds is 54. The third-order valence-electron chi connectivity index (χ3n) is 19.1. The lowest BCUT2D eigenvalue weighted by atomic mass is 9.98. The molecule has 0 fully saturated rings. The van der Waals surface area contributed by atoms with E-state index < -0.39 is 192 Å². The fourth-order valence-electron chi connectivity index (χ4n) is 12.4. The van der Waals surface area contributed by atoms with Crippen LogP contribution in [0.4, 0.5) is 0 Å². The summed E-state index contributed by atoms with van der Waals surface area (Å²) in [6.45, 7) is 23.7. The van der Waals surface area contributed by atoms with Crippen LogP contribution in [0.15, 0.2) is 72.1 Å². The van der Waals surface area contributed by atoms with Gasteiger partial charge in [0.1, 0.15) is 84.3 Å². The Balaban J connectivity index is 2.02. The number of hydrogen-bond donors (Lipinski definition) is 21. The zero-order valence-electron chi connectivity index (χ0n) is 70.9. The van der Waals surface area contributed by atoms with Crippen molar-refractivity contribution in [1.82, 2.24) is 79.1 Å². The standard InChI is InChI=1S/C81H130N20O18/c1-42(2)33-57(71(109)92-54(23-18-19-31-82)69(107)98-62(38-51-25-27-53(102)28-26-51)74(112)93-55(24-20-32-87-81(84)85)68(106)90-49(14)80(118)119)95-72(110)58(34-43(3)4)96-73(111)59(35-44(5)6)97-75(113)61(37-50-21-16-15-17-22-50)99-76(114)63(39-52-40-86-41-88-52)100-79(117)66(47(11)12)101-77(115)60(36-45(7)8)94-70(108)56(29-30-64(103)104)91-67(105)48(13)89-78(116)65(83)46(9)10/h15-17,21-22,25-28,40-49,54-63,65-66,102H,18-20,23-24,29-39,82-83H2,1-14H3,(H,86,88)(H,89,116)(H,90,106)(H,91,105)(H,92,109)(H,93,112)(H,94,108)(H,95,110)(H,96,111)(H,97,113)(H,98,107)(H,99,114)(H,100,117)(H,101,115)(H,103,104)(H,118,119)(H4,84,85,87)/t48-,49-,54-,55-,56-,57-,58-,59-,60-,61-,62-,63-,65-,66-/m0/s1. The lowest BCUT2D eigenvalue weighted by molar-refractivity contribution is -0.142. The summed E-state index contributed by atoms with van der Waals surface area (Å²) in [5.74, 6) is -16.1. The van der Waals surface area contributed by atoms with Crippen LogP contribution in [-0.2, 0) is 91.2 Å². The lowest BCUT2D eigenvalue weighted by Crippen LogP contribution is -2.62. The number of benzene rings is 2. The zero-order valence-corrected chi connectivity index (χ0v) is 70.9. The number of phenols is 1. The van der Waals surface area contributed by atoms with Gasteiger partial charge in [0.15, 0.2) is 5.96 Å². The average molecular weight is 1670 g/mol. The third kappa shape index (κ3) is 38.3. The lowest BCUT2D eigenvalue weighted by Gasteiger charge is -2.30. The normalized spacial score (nSPS) is 14.9. The summed E-state index contributed by atoms with van der Waals surface area (Å²) in [4.78, 5) is 221. The second-order valence-corrected chi connectivity index (χ2v) is 32.4. The number of nitrogens with one attached hydrogen (secondary N) is 14. The van der Waals surface area contributed by atoms with Gasteiger partial charge in [0.25, 0.3) is 0 Å². The number of aromatic nitrogens is 2. The van der Waals surface area contributed by atoms with Crippen molar-refractivity contribution in [2.45, 2.75) is 271 Å². The van der Waals surface area contributed by atoms with E-state index in [0.717, 1.165) is 0 Å². The molecule has 0 unspecified atom stereocenters. The van der Waals surface area contributed by atoms with Crippen LogP contribution in [0.5, 0.6) is 5.75 Å². The predicted octanol–water partition coefficient (Wildman–Crippen LogP) is -0.559. The van der Waals surface area contributed by atoms with Crippen molar-refractivity contribution in [3.63, 3.8) is 0 Å². The van der Waals surface area contributed by atoms with Gasteiger partial charge in [-0.25, -0.2) is 4.98 Å². The van der Waals surface area contributed by atoms with Gasteiger partial charge in [-0.3, -0.25) is 76.9 Å². The van der Waals surface area contributed by atoms with Crippen LogP contribution in [0.25, 0.3) is 0 Å². The maximum Gasteiger partial charge on any atom is 0.325 e. The molecule has 0 aliphatic rings. The number of nitrogens with zero attached hydrogens (tertiary/aromatic N) is 2. The van der Waals surface area contributed by atoms with Crippen LogP contribution < -0.4 is 92.1 Å². The first-order valence-electron chi connectivity index (χ1n) is 40.6. The molecule has 14 atom stereocenters. The SMILES string of the molecule is CC(C)C[C@H](NC(=O)[C@H](CC(C)C)NC(=O)[C@H](CC(C)C)NC(=O)[C@H](Cc1ccccc1)NC(=O)[C@H](Cc1cnc[nH]1)NC(=O)[C@@H](NC(=O)[C@H](CC(C)C)NC(=O)[C@H](CCC(=O)O)NC(=O)[C@H](C)NC(=O)[C@@H](N)C(C)C)C(C)C)C(=O)N[C@@H](CCCCN)C(=O)N[C@@H](Cc1ccc(O)cc1)C(=O)N[C@@H](CCCN=C(N)N)C(=O)N[C@@H](C)C(=O)O. The molecule has 38 heteroatoms. The number of phenolic OH excluding ortho intramolecular Hbond substituents is 1. The Labute approximate surface area is 695 Å². The second-order valence-electron chi connectivity index (χ2n) is 32.4. The fraction of sp³-hybridized carbons (Fsp3) is 0.617. The Bertz CT molecular complexity index is 3840. The highest BCUT2D eigenvalue weighted by molar-refractivity contribution is 6.00. The molecule has 1 aromatic heterocycles. The fourth-order valence-corrected chi connectivity index (χ4v) is 12.4. The molecule has 0 spiro atoms. The summed E-state index contributed by atoms with van der Waals surface area (Å²) in [7, 11) is 0. The maximum absolute atomic E-state index is 15.1. The van der Waals surface area contributed by atoms with E-state index in [9.17, 15) is 77.6 Å². The minimum atomic E-state index is -1.52. The monoisotopic (exact) mass is 1670 g/mol. The molecule has 38 nitrogen and oxygen atoms in total. The molecule has 1 heterocycles. The van der Waals surface area contributed by atoms with E-state index in [1.165, 1.54) is 50.6 Å². The molecule has 662 valence electrons. The van der Waals surface area contributed by atoms with Crippen LogP contribution in [0.1, 0.15) is 184 Å². The third-order valence-corrected chi connectivity index (χ3v) is 19.1. The molecule has 119 heavy (non-hydrogen) atoms. The first kappa shape index (κ1) is 102. The smallest absolute Gasteiger partial charge is 0.325 e. The second kappa shape index (κ2) is 51.8. The Kier molecular flexibility index (Phi) is 44.3. The number of carboxylic acid groups (broad SMARTS) is 2. The number of carbonyl (C=O) groups excluding carboxylic acids is 13. The molecule has 0 aliphatic carbocycles. The molecule has 0 bridgehead atoms. The van der Waals surface area contributed by atoms with E-state index in [0.29, 0.717) is 23.2 Å².